The molecule has 3 aromatic rings. The van der Waals surface area contributed by atoms with Crippen molar-refractivity contribution in [3.8, 4) is 0 Å². The quantitative estimate of drug-likeness (QED) is 0.519. The molecular weight excluding hydrogens is 337 g/mol. The molecule has 0 spiro atoms. The highest BCUT2D eigenvalue weighted by Crippen LogP contribution is 2.33. The van der Waals surface area contributed by atoms with E-state index in [0.717, 1.165) is 30.0 Å². The van der Waals surface area contributed by atoms with E-state index in [-0.39, 0.29) is 0 Å². The minimum absolute atomic E-state index is 0.466. The monoisotopic (exact) mass is 349 g/mol. The van der Waals surface area contributed by atoms with Gasteiger partial charge in [-0.25, -0.2) is 17.6 Å². The minimum atomic E-state index is -1.44. The first-order valence-corrected chi connectivity index (χ1v) is 8.44. The van der Waals surface area contributed by atoms with Crippen LogP contribution in [-0.4, -0.2) is 4.98 Å². The van der Waals surface area contributed by atoms with Crippen LogP contribution in [0.1, 0.15) is 5.69 Å². The maximum absolute atomic E-state index is 13.7. The van der Waals surface area contributed by atoms with Gasteiger partial charge in [-0.3, -0.25) is 4.98 Å². The lowest BCUT2D eigenvalue weighted by molar-refractivity contribution is 0.509. The SMILES string of the molecule is Cc1cccc(P(c2ccc(F)c(F)c2)c2ccc(F)c(F)c2)n1. The van der Waals surface area contributed by atoms with Crippen LogP contribution in [0.3, 0.4) is 0 Å². The fourth-order valence-electron chi connectivity index (χ4n) is 2.32. The largest absolute Gasteiger partial charge is 0.253 e. The fourth-order valence-corrected chi connectivity index (χ4v) is 4.57. The third kappa shape index (κ3) is 3.31. The summed E-state index contributed by atoms with van der Waals surface area (Å²) in [6.45, 7) is 1.80. The van der Waals surface area contributed by atoms with Gasteiger partial charge in [0.2, 0.25) is 0 Å². The minimum Gasteiger partial charge on any atom is -0.253 e. The fraction of sp³-hybridized carbons (Fsp3) is 0.0556. The lowest BCUT2D eigenvalue weighted by Gasteiger charge is -2.19. The highest BCUT2D eigenvalue weighted by Gasteiger charge is 2.21. The molecule has 24 heavy (non-hydrogen) atoms. The Morgan fingerprint density at radius 1 is 0.708 bits per heavy atom. The first kappa shape index (κ1) is 16.6. The van der Waals surface area contributed by atoms with Gasteiger partial charge < -0.3 is 0 Å². The Morgan fingerprint density at radius 2 is 1.25 bits per heavy atom. The van der Waals surface area contributed by atoms with Gasteiger partial charge in [-0.2, -0.15) is 0 Å². The molecule has 0 unspecified atom stereocenters. The normalized spacial score (nSPS) is 11.1. The van der Waals surface area contributed by atoms with Gasteiger partial charge in [0.05, 0.1) is 5.44 Å². The van der Waals surface area contributed by atoms with Crippen molar-refractivity contribution in [3.63, 3.8) is 0 Å². The second-order valence-corrected chi connectivity index (χ2v) is 7.33. The highest BCUT2D eigenvalue weighted by molar-refractivity contribution is 7.79. The van der Waals surface area contributed by atoms with Crippen LogP contribution in [0.4, 0.5) is 17.6 Å². The molecule has 0 saturated heterocycles. The predicted molar refractivity (Wildman–Crippen MR) is 87.5 cm³/mol. The lowest BCUT2D eigenvalue weighted by Crippen LogP contribution is -2.24. The Hall–Kier alpha value is -2.26. The first-order valence-electron chi connectivity index (χ1n) is 7.09. The average molecular weight is 349 g/mol. The maximum atomic E-state index is 13.7. The number of rotatable bonds is 3. The molecule has 122 valence electrons. The Morgan fingerprint density at radius 3 is 1.71 bits per heavy atom. The van der Waals surface area contributed by atoms with Gasteiger partial charge in [0.15, 0.2) is 23.3 Å². The number of nitrogens with zero attached hydrogens (tertiary/aromatic N) is 1. The molecule has 6 heteroatoms. The number of aromatic nitrogens is 1. The van der Waals surface area contributed by atoms with Gasteiger partial charge in [-0.1, -0.05) is 18.2 Å². The Balaban J connectivity index is 2.20. The lowest BCUT2D eigenvalue weighted by atomic mass is 10.3. The number of benzene rings is 2. The summed E-state index contributed by atoms with van der Waals surface area (Å²) in [5, 5.41) is 0.931. The molecule has 1 aromatic heterocycles. The molecule has 0 atom stereocenters. The third-order valence-corrected chi connectivity index (χ3v) is 5.72. The topological polar surface area (TPSA) is 12.9 Å². The van der Waals surface area contributed by atoms with Gasteiger partial charge in [0.25, 0.3) is 0 Å². The zero-order valence-electron chi connectivity index (χ0n) is 12.6. The van der Waals surface area contributed by atoms with Crippen LogP contribution in [-0.2, 0) is 0 Å². The van der Waals surface area contributed by atoms with Crippen LogP contribution in [0, 0.1) is 30.2 Å². The molecule has 0 radical (unpaired) electrons. The van der Waals surface area contributed by atoms with E-state index in [1.54, 1.807) is 25.1 Å². The van der Waals surface area contributed by atoms with Gasteiger partial charge in [-0.05, 0) is 53.9 Å². The summed E-state index contributed by atoms with van der Waals surface area (Å²) in [4.78, 5) is 4.43. The van der Waals surface area contributed by atoms with Crippen molar-refractivity contribution >= 4 is 24.0 Å². The van der Waals surface area contributed by atoms with E-state index < -0.39 is 31.2 Å². The van der Waals surface area contributed by atoms with Gasteiger partial charge in [-0.15, -0.1) is 0 Å². The van der Waals surface area contributed by atoms with Crippen LogP contribution < -0.4 is 16.0 Å². The van der Waals surface area contributed by atoms with Crippen LogP contribution in [0.2, 0.25) is 0 Å². The van der Waals surface area contributed by atoms with Crippen LogP contribution in [0.15, 0.2) is 54.6 Å². The van der Waals surface area contributed by atoms with E-state index in [2.05, 4.69) is 4.98 Å². The average Bonchev–Trinajstić information content (AvgIpc) is 2.54. The van der Waals surface area contributed by atoms with Gasteiger partial charge in [0.1, 0.15) is 0 Å². The van der Waals surface area contributed by atoms with Crippen molar-refractivity contribution in [2.24, 2.45) is 0 Å². The second kappa shape index (κ2) is 6.70. The number of hydrogen-bond acceptors (Lipinski definition) is 1. The van der Waals surface area contributed by atoms with E-state index in [1.807, 2.05) is 0 Å². The summed E-state index contributed by atoms with van der Waals surface area (Å²) in [5.74, 6) is -3.90. The van der Waals surface area contributed by atoms with Crippen molar-refractivity contribution in [1.82, 2.24) is 4.98 Å². The van der Waals surface area contributed by atoms with E-state index in [1.165, 1.54) is 12.1 Å². The molecule has 0 N–H and O–H groups in total. The number of pyridine rings is 1. The molecule has 0 fully saturated rings. The number of hydrogen-bond donors (Lipinski definition) is 0. The van der Waals surface area contributed by atoms with Crippen LogP contribution >= 0.6 is 7.92 Å². The van der Waals surface area contributed by atoms with Gasteiger partial charge in [0, 0.05) is 13.6 Å². The van der Waals surface area contributed by atoms with Crippen molar-refractivity contribution in [2.45, 2.75) is 6.92 Å². The van der Waals surface area contributed by atoms with Crippen LogP contribution in [0.5, 0.6) is 0 Å². The Bertz CT molecular complexity index is 846. The zero-order chi connectivity index (χ0) is 17.3. The summed E-state index contributed by atoms with van der Waals surface area (Å²) in [6, 6.07) is 12.4. The molecule has 0 bridgehead atoms. The van der Waals surface area contributed by atoms with Gasteiger partial charge >= 0.3 is 0 Å². The standard InChI is InChI=1S/C18H12F4NP/c1-11-3-2-4-18(23-11)24(12-5-7-14(19)16(21)9-12)13-6-8-15(20)17(22)10-13/h2-10H,1H3. The Kier molecular flexibility index (Phi) is 4.63. The van der Waals surface area contributed by atoms with E-state index in [0.29, 0.717) is 16.0 Å². The van der Waals surface area contributed by atoms with Crippen molar-refractivity contribution in [1.29, 1.82) is 0 Å². The summed E-state index contributed by atoms with van der Waals surface area (Å²) in [5.41, 5.74) is 1.34. The molecule has 1 nitrogen and oxygen atoms in total. The first-order chi connectivity index (χ1) is 11.5. The molecular formula is C18H12F4NP. The molecule has 3 rings (SSSR count). The van der Waals surface area contributed by atoms with Crippen molar-refractivity contribution in [2.75, 3.05) is 0 Å². The second-order valence-electron chi connectivity index (χ2n) is 5.17. The molecule has 1 heterocycles. The van der Waals surface area contributed by atoms with Crippen molar-refractivity contribution < 1.29 is 17.6 Å². The van der Waals surface area contributed by atoms with E-state index in [4.69, 9.17) is 0 Å². The summed E-state index contributed by atoms with van der Waals surface area (Å²) in [7, 11) is -1.44. The van der Waals surface area contributed by atoms with Crippen LogP contribution in [0.25, 0.3) is 0 Å². The zero-order valence-corrected chi connectivity index (χ0v) is 13.5. The Labute approximate surface area is 137 Å². The molecule has 2 aromatic carbocycles. The summed E-state index contributed by atoms with van der Waals surface area (Å²) < 4.78 is 53.9. The van der Waals surface area contributed by atoms with E-state index in [9.17, 15) is 17.6 Å². The number of halogens is 4. The maximum Gasteiger partial charge on any atom is 0.159 e. The summed E-state index contributed by atoms with van der Waals surface area (Å²) >= 11 is 0. The molecule has 0 aliphatic carbocycles. The van der Waals surface area contributed by atoms with Crippen molar-refractivity contribution in [3.05, 3.63) is 83.6 Å². The molecule has 0 aliphatic heterocycles. The number of aryl methyl sites for hydroxylation is 1. The third-order valence-electron chi connectivity index (χ3n) is 3.43. The molecule has 0 amide bonds. The summed E-state index contributed by atoms with van der Waals surface area (Å²) in [6.07, 6.45) is 0. The predicted octanol–water partition coefficient (Wildman–Crippen LogP) is 3.70. The van der Waals surface area contributed by atoms with E-state index >= 15 is 0 Å². The highest BCUT2D eigenvalue weighted by atomic mass is 31.1. The molecule has 0 aliphatic rings. The molecule has 0 saturated carbocycles. The smallest absolute Gasteiger partial charge is 0.159 e.